The number of nitrogens with zero attached hydrogens (tertiary/aromatic N) is 4. The molecule has 2 N–H and O–H groups in total. The molecular formula is C23H26N6O3. The SMILES string of the molecule is CN(C)c1nc(N[C@H]2CC[C@@H](NC(=O)c3ccc([N+](=O)[O-])cc3)CC2)nc2ccccc12. The van der Waals surface area contributed by atoms with Crippen molar-refractivity contribution in [1.29, 1.82) is 0 Å². The number of nitro benzene ring substituents is 1. The van der Waals surface area contributed by atoms with E-state index in [0.29, 0.717) is 11.5 Å². The summed E-state index contributed by atoms with van der Waals surface area (Å²) in [4.78, 5) is 34.1. The molecule has 9 nitrogen and oxygen atoms in total. The molecule has 1 aliphatic carbocycles. The molecule has 3 aromatic rings. The van der Waals surface area contributed by atoms with E-state index in [1.54, 1.807) is 0 Å². The van der Waals surface area contributed by atoms with E-state index in [1.807, 2.05) is 43.3 Å². The molecule has 2 aromatic carbocycles. The van der Waals surface area contributed by atoms with Crippen LogP contribution in [0.2, 0.25) is 0 Å². The van der Waals surface area contributed by atoms with Gasteiger partial charge in [-0.1, -0.05) is 12.1 Å². The third kappa shape index (κ3) is 4.77. The maximum atomic E-state index is 12.5. The van der Waals surface area contributed by atoms with Crippen LogP contribution in [-0.4, -0.2) is 47.0 Å². The molecule has 166 valence electrons. The van der Waals surface area contributed by atoms with Crippen molar-refractivity contribution in [3.05, 3.63) is 64.2 Å². The zero-order valence-corrected chi connectivity index (χ0v) is 18.1. The summed E-state index contributed by atoms with van der Waals surface area (Å²) in [6.45, 7) is 0. The fourth-order valence-electron chi connectivity index (χ4n) is 4.03. The number of hydrogen-bond acceptors (Lipinski definition) is 7. The fourth-order valence-corrected chi connectivity index (χ4v) is 4.03. The highest BCUT2D eigenvalue weighted by Crippen LogP contribution is 2.26. The number of rotatable bonds is 6. The number of carbonyl (C=O) groups excluding carboxylic acids is 1. The maximum Gasteiger partial charge on any atom is 0.269 e. The number of para-hydroxylation sites is 1. The van der Waals surface area contributed by atoms with Gasteiger partial charge in [-0.05, 0) is 49.9 Å². The van der Waals surface area contributed by atoms with E-state index in [1.165, 1.54) is 24.3 Å². The minimum atomic E-state index is -0.475. The molecule has 0 saturated heterocycles. The predicted molar refractivity (Wildman–Crippen MR) is 124 cm³/mol. The lowest BCUT2D eigenvalue weighted by molar-refractivity contribution is -0.384. The van der Waals surface area contributed by atoms with E-state index >= 15 is 0 Å². The van der Waals surface area contributed by atoms with Crippen LogP contribution in [0, 0.1) is 10.1 Å². The van der Waals surface area contributed by atoms with Gasteiger partial charge in [0.1, 0.15) is 5.82 Å². The summed E-state index contributed by atoms with van der Waals surface area (Å²) in [6, 6.07) is 13.9. The molecule has 4 rings (SSSR count). The Morgan fingerprint density at radius 3 is 2.31 bits per heavy atom. The van der Waals surface area contributed by atoms with Gasteiger partial charge in [0.05, 0.1) is 10.4 Å². The molecular weight excluding hydrogens is 408 g/mol. The average Bonchev–Trinajstić information content (AvgIpc) is 2.79. The van der Waals surface area contributed by atoms with Crippen LogP contribution in [0.5, 0.6) is 0 Å². The Morgan fingerprint density at radius 2 is 1.66 bits per heavy atom. The highest BCUT2D eigenvalue weighted by atomic mass is 16.6. The van der Waals surface area contributed by atoms with Crippen LogP contribution in [0.1, 0.15) is 36.0 Å². The summed E-state index contributed by atoms with van der Waals surface area (Å²) >= 11 is 0. The number of fused-ring (bicyclic) bond motifs is 1. The lowest BCUT2D eigenvalue weighted by atomic mass is 9.91. The molecule has 1 fully saturated rings. The number of non-ortho nitro benzene ring substituents is 1. The number of nitro groups is 1. The van der Waals surface area contributed by atoms with Gasteiger partial charge in [0, 0.05) is 49.3 Å². The van der Waals surface area contributed by atoms with Crippen LogP contribution in [0.3, 0.4) is 0 Å². The molecule has 32 heavy (non-hydrogen) atoms. The average molecular weight is 435 g/mol. The van der Waals surface area contributed by atoms with Gasteiger partial charge in [-0.2, -0.15) is 4.98 Å². The van der Waals surface area contributed by atoms with Crippen LogP contribution < -0.4 is 15.5 Å². The normalized spacial score (nSPS) is 18.2. The van der Waals surface area contributed by atoms with Crippen LogP contribution >= 0.6 is 0 Å². The summed E-state index contributed by atoms with van der Waals surface area (Å²) in [6.07, 6.45) is 3.45. The van der Waals surface area contributed by atoms with Crippen molar-refractivity contribution < 1.29 is 9.72 Å². The van der Waals surface area contributed by atoms with Crippen molar-refractivity contribution in [1.82, 2.24) is 15.3 Å². The first-order chi connectivity index (χ1) is 15.4. The fraction of sp³-hybridized carbons (Fsp3) is 0.348. The van der Waals surface area contributed by atoms with Gasteiger partial charge in [-0.25, -0.2) is 4.98 Å². The lowest BCUT2D eigenvalue weighted by Crippen LogP contribution is -2.40. The van der Waals surface area contributed by atoms with Gasteiger partial charge in [0.25, 0.3) is 11.6 Å². The molecule has 0 aliphatic heterocycles. The van der Waals surface area contributed by atoms with Crippen LogP contribution in [0.4, 0.5) is 17.5 Å². The third-order valence-electron chi connectivity index (χ3n) is 5.74. The van der Waals surface area contributed by atoms with Gasteiger partial charge in [0.2, 0.25) is 5.95 Å². The van der Waals surface area contributed by atoms with Crippen molar-refractivity contribution in [2.24, 2.45) is 0 Å². The number of anilines is 2. The van der Waals surface area contributed by atoms with E-state index in [9.17, 15) is 14.9 Å². The largest absolute Gasteiger partial charge is 0.362 e. The van der Waals surface area contributed by atoms with Gasteiger partial charge >= 0.3 is 0 Å². The Balaban J connectivity index is 1.35. The highest BCUT2D eigenvalue weighted by Gasteiger charge is 2.24. The second kappa shape index (κ2) is 9.17. The standard InChI is InChI=1S/C23H26N6O3/c1-28(2)21-19-5-3-4-6-20(19)26-23(27-21)25-17-11-9-16(10-12-17)24-22(30)15-7-13-18(14-8-15)29(31)32/h3-8,13-14,16-17H,9-12H2,1-2H3,(H,24,30)(H,25,26,27)/t16-,17+. The van der Waals surface area contributed by atoms with Crippen molar-refractivity contribution in [2.45, 2.75) is 37.8 Å². The summed E-state index contributed by atoms with van der Waals surface area (Å²) < 4.78 is 0. The second-order valence-corrected chi connectivity index (χ2v) is 8.25. The molecule has 0 unspecified atom stereocenters. The minimum Gasteiger partial charge on any atom is -0.362 e. The summed E-state index contributed by atoms with van der Waals surface area (Å²) in [5, 5.41) is 18.3. The van der Waals surface area contributed by atoms with Crippen LogP contribution in [0.25, 0.3) is 10.9 Å². The number of aromatic nitrogens is 2. The smallest absolute Gasteiger partial charge is 0.269 e. The first kappa shape index (κ1) is 21.5. The molecule has 0 radical (unpaired) electrons. The number of amides is 1. The van der Waals surface area contributed by atoms with E-state index < -0.39 is 4.92 Å². The van der Waals surface area contributed by atoms with Crippen LogP contribution in [0.15, 0.2) is 48.5 Å². The Morgan fingerprint density at radius 1 is 1.00 bits per heavy atom. The third-order valence-corrected chi connectivity index (χ3v) is 5.74. The Hall–Kier alpha value is -3.75. The van der Waals surface area contributed by atoms with Gasteiger partial charge < -0.3 is 15.5 Å². The number of carbonyl (C=O) groups is 1. The maximum absolute atomic E-state index is 12.5. The van der Waals surface area contributed by atoms with Crippen molar-refractivity contribution in [3.63, 3.8) is 0 Å². The number of benzene rings is 2. The van der Waals surface area contributed by atoms with E-state index in [0.717, 1.165) is 42.4 Å². The monoisotopic (exact) mass is 434 g/mol. The summed E-state index contributed by atoms with van der Waals surface area (Å²) in [5.41, 5.74) is 1.30. The second-order valence-electron chi connectivity index (χ2n) is 8.25. The Kier molecular flexibility index (Phi) is 6.16. The van der Waals surface area contributed by atoms with E-state index in [4.69, 9.17) is 4.98 Å². The molecule has 1 amide bonds. The minimum absolute atomic E-state index is 0.0264. The predicted octanol–water partition coefficient (Wildman–Crippen LogP) is 3.76. The molecule has 0 bridgehead atoms. The quantitative estimate of drug-likeness (QED) is 0.449. The molecule has 9 heteroatoms. The number of hydrogen-bond donors (Lipinski definition) is 2. The molecule has 0 spiro atoms. The first-order valence-corrected chi connectivity index (χ1v) is 10.7. The van der Waals surface area contributed by atoms with E-state index in [-0.39, 0.29) is 23.7 Å². The van der Waals surface area contributed by atoms with Gasteiger partial charge in [-0.15, -0.1) is 0 Å². The Bertz CT molecular complexity index is 1120. The number of nitrogens with one attached hydrogen (secondary N) is 2. The topological polar surface area (TPSA) is 113 Å². The lowest BCUT2D eigenvalue weighted by Gasteiger charge is -2.30. The van der Waals surface area contributed by atoms with Gasteiger partial charge in [0.15, 0.2) is 0 Å². The van der Waals surface area contributed by atoms with Crippen molar-refractivity contribution in [2.75, 3.05) is 24.3 Å². The molecule has 1 heterocycles. The molecule has 1 saturated carbocycles. The van der Waals surface area contributed by atoms with Crippen LogP contribution in [-0.2, 0) is 0 Å². The molecule has 1 aromatic heterocycles. The zero-order valence-electron chi connectivity index (χ0n) is 18.1. The van der Waals surface area contributed by atoms with Crippen molar-refractivity contribution >= 4 is 34.3 Å². The van der Waals surface area contributed by atoms with Crippen molar-refractivity contribution in [3.8, 4) is 0 Å². The molecule has 0 atom stereocenters. The van der Waals surface area contributed by atoms with Gasteiger partial charge in [-0.3, -0.25) is 14.9 Å². The Labute approximate surface area is 186 Å². The van der Waals surface area contributed by atoms with E-state index in [2.05, 4.69) is 15.6 Å². The molecule has 1 aliphatic rings. The highest BCUT2D eigenvalue weighted by molar-refractivity contribution is 5.94. The zero-order chi connectivity index (χ0) is 22.7. The summed E-state index contributed by atoms with van der Waals surface area (Å²) in [7, 11) is 3.94. The summed E-state index contributed by atoms with van der Waals surface area (Å²) in [5.74, 6) is 1.29. The first-order valence-electron chi connectivity index (χ1n) is 10.7.